The van der Waals surface area contributed by atoms with E-state index in [1.165, 1.54) is 21.3 Å². The molecule has 0 rings (SSSR count). The van der Waals surface area contributed by atoms with E-state index < -0.39 is 15.2 Å². The van der Waals surface area contributed by atoms with E-state index >= 15 is 0 Å². The topological polar surface area (TPSA) is 54.0 Å². The van der Waals surface area contributed by atoms with Gasteiger partial charge in [0, 0.05) is 21.3 Å². The van der Waals surface area contributed by atoms with Crippen molar-refractivity contribution in [2.45, 2.75) is 20.0 Å². The Balaban J connectivity index is 4.54. The molecule has 6 heteroatoms. The first-order valence-electron chi connectivity index (χ1n) is 4.45. The lowest BCUT2D eigenvalue weighted by molar-refractivity contribution is -0.125. The van der Waals surface area contributed by atoms with Gasteiger partial charge in [0.2, 0.25) is 0 Å². The first-order chi connectivity index (χ1) is 6.92. The van der Waals surface area contributed by atoms with E-state index in [1.807, 2.05) is 0 Å². The number of Topliss-reactive ketones (excluding diaryl/α,β-unsaturated/α-hetero) is 1. The third kappa shape index (κ3) is 3.84. The molecule has 0 aliphatic heterocycles. The molecule has 0 N–H and O–H groups in total. The Morgan fingerprint density at radius 2 is 1.60 bits per heavy atom. The van der Waals surface area contributed by atoms with Gasteiger partial charge in [0.15, 0.2) is 5.78 Å². The molecule has 0 saturated carbocycles. The minimum atomic E-state index is -3.15. The second-order valence-corrected chi connectivity index (χ2v) is 5.48. The summed E-state index contributed by atoms with van der Waals surface area (Å²) in [5.41, 5.74) is 0.425. The summed E-state index contributed by atoms with van der Waals surface area (Å²) in [5.74, 6) is -0.196. The van der Waals surface area contributed by atoms with E-state index in [-0.39, 0.29) is 5.78 Å². The molecule has 1 atom stereocenters. The van der Waals surface area contributed by atoms with Crippen molar-refractivity contribution in [3.05, 3.63) is 12.2 Å². The van der Waals surface area contributed by atoms with Gasteiger partial charge in [-0.2, -0.15) is 0 Å². The first kappa shape index (κ1) is 14.5. The van der Waals surface area contributed by atoms with E-state index in [2.05, 4.69) is 6.58 Å². The molecule has 0 amide bonds. The largest absolute Gasteiger partial charge is 0.679 e. The van der Waals surface area contributed by atoms with E-state index in [1.54, 1.807) is 13.8 Å². The third-order valence-electron chi connectivity index (χ3n) is 1.86. The average Bonchev–Trinajstić information content (AvgIpc) is 2.24. The molecule has 0 radical (unpaired) electrons. The normalized spacial score (nSPS) is 13.7. The molecule has 0 aliphatic carbocycles. The maximum absolute atomic E-state index is 11.5. The van der Waals surface area contributed by atoms with Crippen molar-refractivity contribution < 1.29 is 22.5 Å². The highest BCUT2D eigenvalue weighted by molar-refractivity contribution is 6.53. The highest BCUT2D eigenvalue weighted by Gasteiger charge is 2.45. The highest BCUT2D eigenvalue weighted by Crippen LogP contribution is 2.13. The van der Waals surface area contributed by atoms with Gasteiger partial charge in [-0.05, 0) is 19.4 Å². The third-order valence-corrected chi connectivity index (χ3v) is 4.00. The summed E-state index contributed by atoms with van der Waals surface area (Å²) in [7, 11) is 1.09. The van der Waals surface area contributed by atoms with Gasteiger partial charge in [-0.3, -0.25) is 4.79 Å². The molecule has 0 aliphatic rings. The van der Waals surface area contributed by atoms with Crippen LogP contribution in [0, 0.1) is 0 Å². The SMILES string of the molecule is C=C(C)C(=O)C(C)O[Si](OC)(OC)OC. The van der Waals surface area contributed by atoms with Crippen LogP contribution in [0.5, 0.6) is 0 Å². The van der Waals surface area contributed by atoms with Gasteiger partial charge in [0.1, 0.15) is 6.10 Å². The maximum Gasteiger partial charge on any atom is 0.679 e. The first-order valence-corrected chi connectivity index (χ1v) is 6.08. The molecule has 0 aromatic rings. The van der Waals surface area contributed by atoms with Crippen LogP contribution < -0.4 is 0 Å². The van der Waals surface area contributed by atoms with Crippen LogP contribution in [0.4, 0.5) is 0 Å². The number of carbonyl (C=O) groups excluding carboxylic acids is 1. The zero-order valence-corrected chi connectivity index (χ0v) is 10.8. The van der Waals surface area contributed by atoms with Crippen LogP contribution in [0.2, 0.25) is 0 Å². The molecular weight excluding hydrogens is 216 g/mol. The number of hydrogen-bond acceptors (Lipinski definition) is 5. The van der Waals surface area contributed by atoms with Gasteiger partial charge in [-0.25, -0.2) is 0 Å². The Hall–Kier alpha value is -0.533. The van der Waals surface area contributed by atoms with Crippen LogP contribution in [0.25, 0.3) is 0 Å². The predicted molar refractivity (Wildman–Crippen MR) is 57.1 cm³/mol. The molecule has 0 heterocycles. The van der Waals surface area contributed by atoms with Gasteiger partial charge in [0.05, 0.1) is 0 Å². The fourth-order valence-corrected chi connectivity index (χ4v) is 2.34. The minimum absolute atomic E-state index is 0.196. The molecule has 0 saturated heterocycles. The summed E-state index contributed by atoms with van der Waals surface area (Å²) in [4.78, 5) is 11.5. The summed E-state index contributed by atoms with van der Waals surface area (Å²) in [6, 6.07) is 0. The summed E-state index contributed by atoms with van der Waals surface area (Å²) in [5, 5.41) is 0. The quantitative estimate of drug-likeness (QED) is 0.484. The smallest absolute Gasteiger partial charge is 0.355 e. The van der Waals surface area contributed by atoms with Crippen molar-refractivity contribution in [1.29, 1.82) is 0 Å². The molecule has 1 unspecified atom stereocenters. The number of ketones is 1. The van der Waals surface area contributed by atoms with Crippen LogP contribution in [0.1, 0.15) is 13.8 Å². The van der Waals surface area contributed by atoms with Crippen LogP contribution >= 0.6 is 0 Å². The van der Waals surface area contributed by atoms with Crippen molar-refractivity contribution >= 4 is 14.8 Å². The summed E-state index contributed by atoms with van der Waals surface area (Å²) in [6.45, 7) is 6.78. The van der Waals surface area contributed by atoms with E-state index in [0.29, 0.717) is 5.57 Å². The van der Waals surface area contributed by atoms with Gasteiger partial charge in [-0.15, -0.1) is 0 Å². The lowest BCUT2D eigenvalue weighted by Crippen LogP contribution is -2.50. The number of hydrogen-bond donors (Lipinski definition) is 0. The monoisotopic (exact) mass is 234 g/mol. The van der Waals surface area contributed by atoms with Crippen molar-refractivity contribution in [3.8, 4) is 0 Å². The molecule has 0 aromatic heterocycles. The average molecular weight is 234 g/mol. The Morgan fingerprint density at radius 1 is 1.20 bits per heavy atom. The fourth-order valence-electron chi connectivity index (χ4n) is 1.01. The lowest BCUT2D eigenvalue weighted by atomic mass is 10.1. The Kier molecular flexibility index (Phi) is 5.92. The molecule has 0 fully saturated rings. The molecular formula is C9H18O5Si. The Bertz CT molecular complexity index is 228. The van der Waals surface area contributed by atoms with Gasteiger partial charge in [0.25, 0.3) is 0 Å². The molecule has 0 aromatic carbocycles. The molecule has 0 bridgehead atoms. The van der Waals surface area contributed by atoms with Crippen LogP contribution in [0.15, 0.2) is 12.2 Å². The van der Waals surface area contributed by atoms with E-state index in [9.17, 15) is 4.79 Å². The van der Waals surface area contributed by atoms with E-state index in [0.717, 1.165) is 0 Å². The van der Waals surface area contributed by atoms with Gasteiger partial charge >= 0.3 is 9.05 Å². The number of rotatable bonds is 7. The van der Waals surface area contributed by atoms with Crippen molar-refractivity contribution in [3.63, 3.8) is 0 Å². The Morgan fingerprint density at radius 3 is 1.87 bits per heavy atom. The maximum atomic E-state index is 11.5. The zero-order valence-electron chi connectivity index (χ0n) is 9.83. The number of carbonyl (C=O) groups is 1. The van der Waals surface area contributed by atoms with Gasteiger partial charge < -0.3 is 17.7 Å². The van der Waals surface area contributed by atoms with Crippen molar-refractivity contribution in [1.82, 2.24) is 0 Å². The second-order valence-electron chi connectivity index (χ2n) is 3.02. The van der Waals surface area contributed by atoms with Gasteiger partial charge in [-0.1, -0.05) is 6.58 Å². The van der Waals surface area contributed by atoms with Crippen molar-refractivity contribution in [2.75, 3.05) is 21.3 Å². The predicted octanol–water partition coefficient (Wildman–Crippen LogP) is 0.911. The highest BCUT2D eigenvalue weighted by atomic mass is 28.4. The van der Waals surface area contributed by atoms with Crippen molar-refractivity contribution in [2.24, 2.45) is 0 Å². The summed E-state index contributed by atoms with van der Waals surface area (Å²) < 4.78 is 20.5. The van der Waals surface area contributed by atoms with Crippen LogP contribution in [-0.2, 0) is 22.5 Å². The Labute approximate surface area is 91.5 Å². The molecule has 5 nitrogen and oxygen atoms in total. The van der Waals surface area contributed by atoms with Crippen LogP contribution in [-0.4, -0.2) is 42.3 Å². The second kappa shape index (κ2) is 6.14. The van der Waals surface area contributed by atoms with E-state index in [4.69, 9.17) is 17.7 Å². The molecule has 0 spiro atoms. The lowest BCUT2D eigenvalue weighted by Gasteiger charge is -2.25. The molecule has 15 heavy (non-hydrogen) atoms. The summed E-state index contributed by atoms with van der Waals surface area (Å²) in [6.07, 6.45) is -0.686. The summed E-state index contributed by atoms with van der Waals surface area (Å²) >= 11 is 0. The fraction of sp³-hybridized carbons (Fsp3) is 0.667. The minimum Gasteiger partial charge on any atom is -0.355 e. The van der Waals surface area contributed by atoms with Crippen LogP contribution in [0.3, 0.4) is 0 Å². The molecule has 88 valence electrons. The zero-order chi connectivity index (χ0) is 12.1. The standard InChI is InChI=1S/C9H18O5Si/c1-7(2)9(10)8(3)14-15(11-4,12-5)13-6/h8H,1H2,2-6H3.